The van der Waals surface area contributed by atoms with Gasteiger partial charge in [-0.1, -0.05) is 11.6 Å². The van der Waals surface area contributed by atoms with Crippen LogP contribution in [0.4, 0.5) is 0 Å². The van der Waals surface area contributed by atoms with E-state index >= 15 is 0 Å². The van der Waals surface area contributed by atoms with Crippen molar-refractivity contribution in [3.05, 3.63) is 22.7 Å². The Morgan fingerprint density at radius 1 is 1.62 bits per heavy atom. The van der Waals surface area contributed by atoms with Gasteiger partial charge in [-0.05, 0) is 6.07 Å². The highest BCUT2D eigenvalue weighted by molar-refractivity contribution is 6.30. The van der Waals surface area contributed by atoms with Crippen molar-refractivity contribution >= 4 is 17.9 Å². The van der Waals surface area contributed by atoms with Crippen LogP contribution in [0.25, 0.3) is 0 Å². The Bertz CT molecular complexity index is 323. The van der Waals surface area contributed by atoms with Gasteiger partial charge in [0.25, 0.3) is 0 Å². The average Bonchev–Trinajstić information content (AvgIpc) is 2.11. The molecule has 0 aliphatic rings. The van der Waals surface area contributed by atoms with E-state index in [1.807, 2.05) is 0 Å². The van der Waals surface area contributed by atoms with Gasteiger partial charge in [0.2, 0.25) is 0 Å². The summed E-state index contributed by atoms with van der Waals surface area (Å²) in [6.07, 6.45) is 0.827. The van der Waals surface area contributed by atoms with Crippen LogP contribution in [0, 0.1) is 0 Å². The Morgan fingerprint density at radius 3 is 2.85 bits per heavy atom. The van der Waals surface area contributed by atoms with Crippen molar-refractivity contribution < 1.29 is 14.6 Å². The monoisotopic (exact) mass is 200 g/mol. The lowest BCUT2D eigenvalue weighted by Crippen LogP contribution is -1.91. The van der Waals surface area contributed by atoms with Gasteiger partial charge in [-0.2, -0.15) is 0 Å². The van der Waals surface area contributed by atoms with E-state index in [4.69, 9.17) is 16.3 Å². The summed E-state index contributed by atoms with van der Waals surface area (Å²) in [5.41, 5.74) is 0.472. The molecule has 1 aromatic carbocycles. The van der Waals surface area contributed by atoms with Gasteiger partial charge in [0.05, 0.1) is 7.11 Å². The fourth-order valence-corrected chi connectivity index (χ4v) is 1.26. The topological polar surface area (TPSA) is 46.5 Å². The minimum atomic E-state index is -0.0287. The van der Waals surface area contributed by atoms with Crippen molar-refractivity contribution in [2.75, 3.05) is 7.11 Å². The molecule has 0 aliphatic carbocycles. The largest absolute Gasteiger partial charge is 0.504 e. The molecule has 0 saturated carbocycles. The van der Waals surface area contributed by atoms with Gasteiger partial charge in [0.1, 0.15) is 6.29 Å². The van der Waals surface area contributed by atoms with E-state index in [1.165, 1.54) is 19.2 Å². The molecule has 0 unspecified atom stereocenters. The van der Waals surface area contributed by atoms with Crippen LogP contribution in [0.5, 0.6) is 11.5 Å². The maximum Gasteiger partial charge on any atom is 0.162 e. The number of rotatable bonds is 3. The van der Waals surface area contributed by atoms with Crippen LogP contribution in [-0.2, 0) is 11.2 Å². The minimum absolute atomic E-state index is 0.0287. The molecule has 70 valence electrons. The summed E-state index contributed by atoms with van der Waals surface area (Å²) >= 11 is 5.73. The molecule has 0 radical (unpaired) electrons. The zero-order valence-electron chi connectivity index (χ0n) is 7.08. The fourth-order valence-electron chi connectivity index (χ4n) is 1.03. The number of benzene rings is 1. The van der Waals surface area contributed by atoms with Crippen molar-refractivity contribution in [3.8, 4) is 11.5 Å². The Kier molecular flexibility index (Phi) is 3.14. The standard InChI is InChI=1S/C9H9ClO3/c1-13-8-5-7(10)4-6(2-3-11)9(8)12/h3-5,12H,2H2,1H3. The molecule has 0 aromatic heterocycles. The van der Waals surface area contributed by atoms with Crippen LogP contribution < -0.4 is 4.74 Å². The number of carbonyl (C=O) groups is 1. The first-order valence-corrected chi connectivity index (χ1v) is 4.06. The van der Waals surface area contributed by atoms with Gasteiger partial charge in [-0.3, -0.25) is 0 Å². The summed E-state index contributed by atoms with van der Waals surface area (Å²) in [6.45, 7) is 0. The van der Waals surface area contributed by atoms with Crippen LogP contribution in [-0.4, -0.2) is 18.5 Å². The summed E-state index contributed by atoms with van der Waals surface area (Å²) < 4.78 is 4.86. The number of phenolic OH excluding ortho intramolecular Hbond substituents is 1. The molecule has 4 heteroatoms. The molecule has 1 rings (SSSR count). The van der Waals surface area contributed by atoms with Crippen molar-refractivity contribution in [2.24, 2.45) is 0 Å². The van der Waals surface area contributed by atoms with E-state index in [9.17, 15) is 9.90 Å². The molecule has 0 heterocycles. The molecule has 0 amide bonds. The summed E-state index contributed by atoms with van der Waals surface area (Å²) in [4.78, 5) is 10.2. The number of aromatic hydroxyl groups is 1. The van der Waals surface area contributed by atoms with Crippen molar-refractivity contribution in [1.29, 1.82) is 0 Å². The number of methoxy groups -OCH3 is 1. The van der Waals surface area contributed by atoms with Gasteiger partial charge in [-0.15, -0.1) is 0 Å². The van der Waals surface area contributed by atoms with Crippen molar-refractivity contribution in [2.45, 2.75) is 6.42 Å². The summed E-state index contributed by atoms with van der Waals surface area (Å²) in [5, 5.41) is 9.94. The maximum absolute atomic E-state index is 10.2. The van der Waals surface area contributed by atoms with E-state index in [0.29, 0.717) is 16.9 Å². The smallest absolute Gasteiger partial charge is 0.162 e. The highest BCUT2D eigenvalue weighted by atomic mass is 35.5. The molecular weight excluding hydrogens is 192 g/mol. The zero-order chi connectivity index (χ0) is 9.84. The highest BCUT2D eigenvalue weighted by Gasteiger charge is 2.08. The van der Waals surface area contributed by atoms with Crippen molar-refractivity contribution in [3.63, 3.8) is 0 Å². The molecule has 0 spiro atoms. The van der Waals surface area contributed by atoms with Gasteiger partial charge < -0.3 is 14.6 Å². The van der Waals surface area contributed by atoms with Crippen molar-refractivity contribution in [1.82, 2.24) is 0 Å². The number of hydrogen-bond acceptors (Lipinski definition) is 3. The van der Waals surface area contributed by atoms with Gasteiger partial charge >= 0.3 is 0 Å². The van der Waals surface area contributed by atoms with Gasteiger partial charge in [0, 0.05) is 23.1 Å². The third-order valence-electron chi connectivity index (χ3n) is 1.64. The lowest BCUT2D eigenvalue weighted by Gasteiger charge is -2.07. The van der Waals surface area contributed by atoms with Crippen LogP contribution in [0.3, 0.4) is 0 Å². The van der Waals surface area contributed by atoms with E-state index < -0.39 is 0 Å². The van der Waals surface area contributed by atoms with Crippen LogP contribution in [0.15, 0.2) is 12.1 Å². The normalized spacial score (nSPS) is 9.69. The molecule has 0 aliphatic heterocycles. The Labute approximate surface area is 80.9 Å². The Hall–Kier alpha value is -1.22. The summed E-state index contributed by atoms with van der Waals surface area (Å²) in [5.74, 6) is 0.253. The quantitative estimate of drug-likeness (QED) is 0.757. The Morgan fingerprint density at radius 2 is 2.31 bits per heavy atom. The molecule has 0 bridgehead atoms. The molecule has 1 aromatic rings. The fraction of sp³-hybridized carbons (Fsp3) is 0.222. The second-order valence-electron chi connectivity index (χ2n) is 2.49. The van der Waals surface area contributed by atoms with Crippen LogP contribution in [0.1, 0.15) is 5.56 Å². The minimum Gasteiger partial charge on any atom is -0.504 e. The van der Waals surface area contributed by atoms with E-state index in [0.717, 1.165) is 0 Å². The number of halogens is 1. The molecule has 1 N–H and O–H groups in total. The number of aldehydes is 1. The van der Waals surface area contributed by atoms with E-state index in [-0.39, 0.29) is 17.9 Å². The first-order valence-electron chi connectivity index (χ1n) is 3.68. The molecule has 0 fully saturated rings. The number of ether oxygens (including phenoxy) is 1. The zero-order valence-corrected chi connectivity index (χ0v) is 7.84. The highest BCUT2D eigenvalue weighted by Crippen LogP contribution is 2.33. The first-order chi connectivity index (χ1) is 6.19. The molecule has 0 atom stereocenters. The van der Waals surface area contributed by atoms with E-state index in [1.54, 1.807) is 0 Å². The lowest BCUT2D eigenvalue weighted by molar-refractivity contribution is -0.107. The van der Waals surface area contributed by atoms with E-state index in [2.05, 4.69) is 0 Å². The summed E-state index contributed by atoms with van der Waals surface area (Å²) in [7, 11) is 1.43. The Balaban J connectivity index is 3.18. The summed E-state index contributed by atoms with van der Waals surface area (Å²) in [6, 6.07) is 3.03. The van der Waals surface area contributed by atoms with Gasteiger partial charge in [0.15, 0.2) is 11.5 Å². The third-order valence-corrected chi connectivity index (χ3v) is 1.86. The maximum atomic E-state index is 10.2. The average molecular weight is 201 g/mol. The van der Waals surface area contributed by atoms with Gasteiger partial charge in [-0.25, -0.2) is 0 Å². The SMILES string of the molecule is COc1cc(Cl)cc(CC=O)c1O. The second-order valence-corrected chi connectivity index (χ2v) is 2.92. The molecule has 13 heavy (non-hydrogen) atoms. The second kappa shape index (κ2) is 4.14. The lowest BCUT2D eigenvalue weighted by atomic mass is 10.1. The predicted molar refractivity (Wildman–Crippen MR) is 49.4 cm³/mol. The molecule has 3 nitrogen and oxygen atoms in total. The number of phenols is 1. The van der Waals surface area contributed by atoms with Crippen LogP contribution >= 0.6 is 11.6 Å². The number of carbonyl (C=O) groups excluding carboxylic acids is 1. The first kappa shape index (κ1) is 9.86. The molecule has 0 saturated heterocycles. The van der Waals surface area contributed by atoms with Crippen LogP contribution in [0.2, 0.25) is 5.02 Å². The third kappa shape index (κ3) is 2.12. The predicted octanol–water partition coefficient (Wildman–Crippen LogP) is 1.80. The molecular formula is C9H9ClO3. The number of hydrogen-bond donors (Lipinski definition) is 1.